The fourth-order valence-corrected chi connectivity index (χ4v) is 0.0962. The van der Waals surface area contributed by atoms with E-state index in [0.717, 1.165) is 0 Å². The van der Waals surface area contributed by atoms with E-state index in [4.69, 9.17) is 0 Å². The Morgan fingerprint density at radius 2 is 1.67 bits per heavy atom. The molecule has 0 aliphatic heterocycles. The molecular formula is C3H7O3-. The zero-order valence-electron chi connectivity index (χ0n) is 3.80. The molecule has 0 aromatic rings. The van der Waals surface area contributed by atoms with Crippen molar-refractivity contribution in [3.05, 3.63) is 0 Å². The number of rotatable bonds is 2. The largest absolute Gasteiger partial charge is 0.809 e. The molecule has 0 aliphatic rings. The predicted molar refractivity (Wildman–Crippen MR) is 17.8 cm³/mol. The highest BCUT2D eigenvalue weighted by atomic mass is 16.8. The maximum absolute atomic E-state index is 9.82. The summed E-state index contributed by atoms with van der Waals surface area (Å²) in [5.74, 6) is 0. The van der Waals surface area contributed by atoms with Crippen molar-refractivity contribution in [2.45, 2.75) is 6.48 Å². The molecule has 0 fully saturated rings. The third kappa shape index (κ3) is 2.14. The molecule has 0 saturated heterocycles. The minimum atomic E-state index is -1.31. The maximum atomic E-state index is 9.82. The van der Waals surface area contributed by atoms with Crippen molar-refractivity contribution in [3.63, 3.8) is 0 Å². The van der Waals surface area contributed by atoms with E-state index in [9.17, 15) is 5.11 Å². The SMILES string of the molecule is COC([O-])OC. The van der Waals surface area contributed by atoms with Gasteiger partial charge in [-0.15, -0.1) is 0 Å². The normalized spacial score (nSPS) is 10.0. The molecule has 0 rings (SSSR count). The number of hydrogen-bond donors (Lipinski definition) is 0. The molecule has 38 valence electrons. The van der Waals surface area contributed by atoms with Gasteiger partial charge in [0.25, 0.3) is 0 Å². The summed E-state index contributed by atoms with van der Waals surface area (Å²) in [5.41, 5.74) is 0. The minimum absolute atomic E-state index is 1.29. The fraction of sp³-hybridized carbons (Fsp3) is 1.00. The van der Waals surface area contributed by atoms with Crippen LogP contribution >= 0.6 is 0 Å². The Morgan fingerprint density at radius 1 is 1.33 bits per heavy atom. The molecule has 0 saturated carbocycles. The lowest BCUT2D eigenvalue weighted by molar-refractivity contribution is -0.556. The van der Waals surface area contributed by atoms with Crippen molar-refractivity contribution >= 4 is 0 Å². The van der Waals surface area contributed by atoms with E-state index in [-0.39, 0.29) is 0 Å². The summed E-state index contributed by atoms with van der Waals surface area (Å²) in [6, 6.07) is 0. The van der Waals surface area contributed by atoms with Crippen LogP contribution < -0.4 is 5.11 Å². The van der Waals surface area contributed by atoms with E-state index in [1.54, 1.807) is 0 Å². The van der Waals surface area contributed by atoms with Gasteiger partial charge < -0.3 is 14.6 Å². The van der Waals surface area contributed by atoms with Gasteiger partial charge in [-0.1, -0.05) is 0 Å². The highest BCUT2D eigenvalue weighted by molar-refractivity contribution is 3.96. The molecule has 0 amide bonds. The summed E-state index contributed by atoms with van der Waals surface area (Å²) in [5, 5.41) is 9.82. The lowest BCUT2D eigenvalue weighted by Crippen LogP contribution is -2.28. The number of ether oxygens (including phenoxy) is 2. The van der Waals surface area contributed by atoms with Crippen LogP contribution in [0.25, 0.3) is 0 Å². The Labute approximate surface area is 36.5 Å². The third-order valence-electron chi connectivity index (χ3n) is 0.385. The smallest absolute Gasteiger partial charge is 0.0859 e. The zero-order chi connectivity index (χ0) is 4.99. The minimum Gasteiger partial charge on any atom is -0.809 e. The van der Waals surface area contributed by atoms with E-state index in [2.05, 4.69) is 9.47 Å². The van der Waals surface area contributed by atoms with E-state index in [1.807, 2.05) is 0 Å². The van der Waals surface area contributed by atoms with Gasteiger partial charge in [0, 0.05) is 14.2 Å². The highest BCUT2D eigenvalue weighted by Crippen LogP contribution is 1.72. The summed E-state index contributed by atoms with van der Waals surface area (Å²) < 4.78 is 8.24. The second kappa shape index (κ2) is 3.08. The van der Waals surface area contributed by atoms with Gasteiger partial charge in [0.15, 0.2) is 0 Å². The van der Waals surface area contributed by atoms with Crippen LogP contribution in [-0.2, 0) is 9.47 Å². The first kappa shape index (κ1) is 5.88. The highest BCUT2D eigenvalue weighted by Gasteiger charge is 1.76. The van der Waals surface area contributed by atoms with E-state index in [1.165, 1.54) is 14.2 Å². The Morgan fingerprint density at radius 3 is 1.67 bits per heavy atom. The lowest BCUT2D eigenvalue weighted by atomic mass is 11.2. The van der Waals surface area contributed by atoms with Crippen molar-refractivity contribution < 1.29 is 14.6 Å². The van der Waals surface area contributed by atoms with Crippen LogP contribution in [0.3, 0.4) is 0 Å². The van der Waals surface area contributed by atoms with Crippen molar-refractivity contribution in [3.8, 4) is 0 Å². The van der Waals surface area contributed by atoms with Crippen LogP contribution in [0.5, 0.6) is 0 Å². The molecule has 0 aliphatic carbocycles. The average molecular weight is 91.1 g/mol. The molecule has 6 heavy (non-hydrogen) atoms. The van der Waals surface area contributed by atoms with Gasteiger partial charge in [-0.3, -0.25) is 0 Å². The van der Waals surface area contributed by atoms with Crippen molar-refractivity contribution in [1.29, 1.82) is 0 Å². The Kier molecular flexibility index (Phi) is 3.02. The average Bonchev–Trinajstić information content (AvgIpc) is 1.65. The first-order chi connectivity index (χ1) is 2.81. The molecule has 0 heterocycles. The van der Waals surface area contributed by atoms with Gasteiger partial charge in [0.1, 0.15) is 0 Å². The molecule has 0 bridgehead atoms. The van der Waals surface area contributed by atoms with Crippen LogP contribution in [-0.4, -0.2) is 20.7 Å². The molecule has 0 atom stereocenters. The molecule has 0 unspecified atom stereocenters. The maximum Gasteiger partial charge on any atom is 0.0859 e. The monoisotopic (exact) mass is 91.0 g/mol. The molecule has 0 radical (unpaired) electrons. The molecule has 0 spiro atoms. The molecule has 3 heteroatoms. The Balaban J connectivity index is 2.75. The number of methoxy groups -OCH3 is 2. The van der Waals surface area contributed by atoms with E-state index in [0.29, 0.717) is 0 Å². The van der Waals surface area contributed by atoms with Crippen LogP contribution in [0.15, 0.2) is 0 Å². The standard InChI is InChI=1S/C3H7O3/c1-5-3(4)6-2/h3H,1-2H3/q-1. The topological polar surface area (TPSA) is 41.5 Å². The third-order valence-corrected chi connectivity index (χ3v) is 0.385. The van der Waals surface area contributed by atoms with Crippen molar-refractivity contribution in [1.82, 2.24) is 0 Å². The molecular weight excluding hydrogens is 84.0 g/mol. The first-order valence-corrected chi connectivity index (χ1v) is 1.52. The predicted octanol–water partition coefficient (Wildman–Crippen LogP) is -1.08. The quantitative estimate of drug-likeness (QED) is 0.406. The van der Waals surface area contributed by atoms with E-state index < -0.39 is 6.48 Å². The summed E-state index contributed by atoms with van der Waals surface area (Å²) in [7, 11) is 2.59. The molecule has 3 nitrogen and oxygen atoms in total. The fourth-order valence-electron chi connectivity index (χ4n) is 0.0962. The molecule has 0 aromatic carbocycles. The van der Waals surface area contributed by atoms with Crippen LogP contribution in [0.4, 0.5) is 0 Å². The van der Waals surface area contributed by atoms with Gasteiger partial charge in [-0.2, -0.15) is 0 Å². The second-order valence-electron chi connectivity index (χ2n) is 0.760. The van der Waals surface area contributed by atoms with Crippen LogP contribution in [0.2, 0.25) is 0 Å². The van der Waals surface area contributed by atoms with E-state index >= 15 is 0 Å². The number of hydrogen-bond acceptors (Lipinski definition) is 3. The summed E-state index contributed by atoms with van der Waals surface area (Å²) in [6.45, 7) is -1.31. The molecule has 0 aromatic heterocycles. The lowest BCUT2D eigenvalue weighted by Gasteiger charge is -2.16. The van der Waals surface area contributed by atoms with Crippen LogP contribution in [0, 0.1) is 0 Å². The summed E-state index contributed by atoms with van der Waals surface area (Å²) >= 11 is 0. The van der Waals surface area contributed by atoms with Gasteiger partial charge in [0.05, 0.1) is 6.48 Å². The van der Waals surface area contributed by atoms with Crippen molar-refractivity contribution in [2.24, 2.45) is 0 Å². The Hall–Kier alpha value is -0.120. The van der Waals surface area contributed by atoms with Gasteiger partial charge >= 0.3 is 0 Å². The first-order valence-electron chi connectivity index (χ1n) is 1.52. The van der Waals surface area contributed by atoms with Crippen LogP contribution in [0.1, 0.15) is 0 Å². The summed E-state index contributed by atoms with van der Waals surface area (Å²) in [4.78, 5) is 0. The zero-order valence-corrected chi connectivity index (χ0v) is 3.80. The second-order valence-corrected chi connectivity index (χ2v) is 0.760. The molecule has 0 N–H and O–H groups in total. The van der Waals surface area contributed by atoms with Gasteiger partial charge in [0.2, 0.25) is 0 Å². The van der Waals surface area contributed by atoms with Gasteiger partial charge in [-0.05, 0) is 0 Å². The Bertz CT molecular complexity index is 25.2. The van der Waals surface area contributed by atoms with Gasteiger partial charge in [-0.25, -0.2) is 0 Å². The summed E-state index contributed by atoms with van der Waals surface area (Å²) in [6.07, 6.45) is 0. The van der Waals surface area contributed by atoms with Crippen molar-refractivity contribution in [2.75, 3.05) is 14.2 Å².